The second-order valence-corrected chi connectivity index (χ2v) is 4.16. The number of amides is 1. The minimum atomic E-state index is -1.08. The third-order valence-electron chi connectivity index (χ3n) is 1.44. The quantitative estimate of drug-likeness (QED) is 0.630. The summed E-state index contributed by atoms with van der Waals surface area (Å²) in [6.07, 6.45) is -0.394. The number of carbonyl (C=O) groups is 2. The molecule has 6 heteroatoms. The molecule has 0 spiro atoms. The summed E-state index contributed by atoms with van der Waals surface area (Å²) >= 11 is 0. The monoisotopic (exact) mass is 218 g/mol. The van der Waals surface area contributed by atoms with E-state index in [2.05, 4.69) is 5.32 Å². The minimum Gasteiger partial charge on any atom is -0.480 e. The standard InChI is InChI=1S/C9H18N2O4/c1-9(2,3)15-8(14)11-5-4-6(10)7(12)13/h6H,4-5,10H2,1-3H3,(H,11,14)(H,12,13). The third-order valence-corrected chi connectivity index (χ3v) is 1.44. The number of hydrogen-bond acceptors (Lipinski definition) is 4. The van der Waals surface area contributed by atoms with Crippen molar-refractivity contribution >= 4 is 12.1 Å². The Hall–Kier alpha value is -1.30. The van der Waals surface area contributed by atoms with Gasteiger partial charge in [-0.15, -0.1) is 0 Å². The van der Waals surface area contributed by atoms with Gasteiger partial charge in [-0.2, -0.15) is 0 Å². The summed E-state index contributed by atoms with van der Waals surface area (Å²) in [5.74, 6) is -1.08. The van der Waals surface area contributed by atoms with E-state index in [0.29, 0.717) is 0 Å². The average Bonchev–Trinajstić information content (AvgIpc) is 2.00. The molecule has 4 N–H and O–H groups in total. The molecule has 0 aromatic rings. The van der Waals surface area contributed by atoms with Gasteiger partial charge in [0.05, 0.1) is 0 Å². The number of carboxylic acids is 1. The van der Waals surface area contributed by atoms with Gasteiger partial charge in [0.2, 0.25) is 0 Å². The number of aliphatic carboxylic acids is 1. The van der Waals surface area contributed by atoms with Crippen LogP contribution in [0.15, 0.2) is 0 Å². The van der Waals surface area contributed by atoms with Crippen LogP contribution >= 0.6 is 0 Å². The normalized spacial score (nSPS) is 13.1. The SMILES string of the molecule is CC(C)(C)OC(=O)NCCC(N)C(=O)O. The Kier molecular flexibility index (Phi) is 5.07. The van der Waals surface area contributed by atoms with Crippen LogP contribution in [0.5, 0.6) is 0 Å². The summed E-state index contributed by atoms with van der Waals surface area (Å²) in [6, 6.07) is -0.958. The van der Waals surface area contributed by atoms with Gasteiger partial charge in [-0.3, -0.25) is 4.79 Å². The van der Waals surface area contributed by atoms with Crippen molar-refractivity contribution in [2.45, 2.75) is 38.8 Å². The number of ether oxygens (including phenoxy) is 1. The van der Waals surface area contributed by atoms with E-state index in [1.54, 1.807) is 20.8 Å². The zero-order chi connectivity index (χ0) is 12.1. The van der Waals surface area contributed by atoms with Crippen molar-refractivity contribution in [2.75, 3.05) is 6.54 Å². The zero-order valence-electron chi connectivity index (χ0n) is 9.24. The smallest absolute Gasteiger partial charge is 0.407 e. The van der Waals surface area contributed by atoms with Gasteiger partial charge in [0.25, 0.3) is 0 Å². The van der Waals surface area contributed by atoms with Crippen molar-refractivity contribution in [3.63, 3.8) is 0 Å². The number of hydrogen-bond donors (Lipinski definition) is 3. The molecule has 0 rings (SSSR count). The molecule has 0 aromatic carbocycles. The molecule has 0 aliphatic rings. The summed E-state index contributed by atoms with van der Waals surface area (Å²) in [5, 5.41) is 10.9. The van der Waals surface area contributed by atoms with Gasteiger partial charge in [-0.05, 0) is 27.2 Å². The number of rotatable bonds is 4. The fourth-order valence-electron chi connectivity index (χ4n) is 0.767. The molecule has 0 aliphatic heterocycles. The van der Waals surface area contributed by atoms with E-state index in [1.165, 1.54) is 0 Å². The lowest BCUT2D eigenvalue weighted by molar-refractivity contribution is -0.138. The number of carboxylic acid groups (broad SMARTS) is 1. The maximum absolute atomic E-state index is 11.1. The summed E-state index contributed by atoms with van der Waals surface area (Å²) in [7, 11) is 0. The van der Waals surface area contributed by atoms with Crippen LogP contribution in [0.4, 0.5) is 4.79 Å². The number of carbonyl (C=O) groups excluding carboxylic acids is 1. The Balaban J connectivity index is 3.69. The molecule has 0 saturated heterocycles. The summed E-state index contributed by atoms with van der Waals surface area (Å²) in [6.45, 7) is 5.42. The largest absolute Gasteiger partial charge is 0.480 e. The van der Waals surface area contributed by atoms with E-state index < -0.39 is 23.7 Å². The van der Waals surface area contributed by atoms with Gasteiger partial charge in [-0.25, -0.2) is 4.79 Å². The van der Waals surface area contributed by atoms with Crippen molar-refractivity contribution in [3.8, 4) is 0 Å². The zero-order valence-corrected chi connectivity index (χ0v) is 9.24. The fraction of sp³-hybridized carbons (Fsp3) is 0.778. The van der Waals surface area contributed by atoms with Crippen LogP contribution in [0.25, 0.3) is 0 Å². The first-order valence-electron chi connectivity index (χ1n) is 4.67. The Morgan fingerprint density at radius 3 is 2.40 bits per heavy atom. The molecular weight excluding hydrogens is 200 g/mol. The maximum atomic E-state index is 11.1. The Morgan fingerprint density at radius 1 is 1.47 bits per heavy atom. The van der Waals surface area contributed by atoms with Gasteiger partial charge >= 0.3 is 12.1 Å². The van der Waals surface area contributed by atoms with Gasteiger partial charge in [0, 0.05) is 6.54 Å². The summed E-state index contributed by atoms with van der Waals surface area (Å²) in [4.78, 5) is 21.4. The first-order chi connectivity index (χ1) is 6.72. The molecule has 6 nitrogen and oxygen atoms in total. The highest BCUT2D eigenvalue weighted by atomic mass is 16.6. The Bertz CT molecular complexity index is 235. The van der Waals surface area contributed by atoms with Crippen LogP contribution in [-0.2, 0) is 9.53 Å². The molecule has 0 radical (unpaired) electrons. The van der Waals surface area contributed by atoms with Crippen LogP contribution in [-0.4, -0.2) is 35.4 Å². The van der Waals surface area contributed by atoms with Gasteiger partial charge in [-0.1, -0.05) is 0 Å². The number of nitrogens with one attached hydrogen (secondary N) is 1. The lowest BCUT2D eigenvalue weighted by Gasteiger charge is -2.19. The topological polar surface area (TPSA) is 102 Å². The van der Waals surface area contributed by atoms with Crippen LogP contribution in [0, 0.1) is 0 Å². The van der Waals surface area contributed by atoms with Crippen LogP contribution < -0.4 is 11.1 Å². The van der Waals surface area contributed by atoms with E-state index in [4.69, 9.17) is 15.6 Å². The average molecular weight is 218 g/mol. The second kappa shape index (κ2) is 5.55. The minimum absolute atomic E-state index is 0.175. The van der Waals surface area contributed by atoms with Crippen LogP contribution in [0.1, 0.15) is 27.2 Å². The second-order valence-electron chi connectivity index (χ2n) is 4.16. The van der Waals surface area contributed by atoms with Gasteiger partial charge in [0.1, 0.15) is 11.6 Å². The molecular formula is C9H18N2O4. The van der Waals surface area contributed by atoms with E-state index in [0.717, 1.165) is 0 Å². The van der Waals surface area contributed by atoms with Crippen molar-refractivity contribution < 1.29 is 19.4 Å². The first kappa shape index (κ1) is 13.7. The maximum Gasteiger partial charge on any atom is 0.407 e. The third kappa shape index (κ3) is 7.75. The van der Waals surface area contributed by atoms with Crippen molar-refractivity contribution in [1.29, 1.82) is 0 Å². The highest BCUT2D eigenvalue weighted by molar-refractivity contribution is 5.73. The van der Waals surface area contributed by atoms with Crippen molar-refractivity contribution in [1.82, 2.24) is 5.32 Å². The molecule has 0 aliphatic carbocycles. The van der Waals surface area contributed by atoms with Gasteiger partial charge < -0.3 is 20.9 Å². The van der Waals surface area contributed by atoms with Gasteiger partial charge in [0.15, 0.2) is 0 Å². The predicted molar refractivity (Wildman–Crippen MR) is 54.5 cm³/mol. The lowest BCUT2D eigenvalue weighted by Crippen LogP contribution is -2.37. The number of nitrogens with two attached hydrogens (primary N) is 1. The summed E-state index contributed by atoms with van der Waals surface area (Å²) in [5.41, 5.74) is 4.68. The molecule has 1 atom stereocenters. The van der Waals surface area contributed by atoms with E-state index in [9.17, 15) is 9.59 Å². The van der Waals surface area contributed by atoms with Crippen molar-refractivity contribution in [2.24, 2.45) is 5.73 Å². The molecule has 1 unspecified atom stereocenters. The Labute approximate surface area is 88.8 Å². The molecule has 0 aromatic heterocycles. The molecule has 0 bridgehead atoms. The highest BCUT2D eigenvalue weighted by Gasteiger charge is 2.16. The molecule has 88 valence electrons. The fourth-order valence-corrected chi connectivity index (χ4v) is 0.767. The van der Waals surface area contributed by atoms with Crippen molar-refractivity contribution in [3.05, 3.63) is 0 Å². The first-order valence-corrected chi connectivity index (χ1v) is 4.67. The van der Waals surface area contributed by atoms with Crippen LogP contribution in [0.3, 0.4) is 0 Å². The molecule has 0 saturated carbocycles. The molecule has 1 amide bonds. The number of alkyl carbamates (subject to hydrolysis) is 1. The summed E-state index contributed by atoms with van der Waals surface area (Å²) < 4.78 is 4.94. The van der Waals surface area contributed by atoms with E-state index in [-0.39, 0.29) is 13.0 Å². The lowest BCUT2D eigenvalue weighted by atomic mass is 10.2. The highest BCUT2D eigenvalue weighted by Crippen LogP contribution is 2.06. The molecule has 0 heterocycles. The molecule has 15 heavy (non-hydrogen) atoms. The predicted octanol–water partition coefficient (Wildman–Crippen LogP) is 0.313. The van der Waals surface area contributed by atoms with Crippen LogP contribution in [0.2, 0.25) is 0 Å². The van der Waals surface area contributed by atoms with E-state index >= 15 is 0 Å². The van der Waals surface area contributed by atoms with E-state index in [1.807, 2.05) is 0 Å². The molecule has 0 fully saturated rings. The Morgan fingerprint density at radius 2 is 2.00 bits per heavy atom.